The standard InChI is InChI=1S/C30H32N2O8S2/c1-17-9-21(10-18(2)25(17)37-13-23(33)15-39-29(35)27-31-5-7-41-27)22-11-19(3)26(20(4)12-22)38-14-24(34)16-40-30(36)28-32-6-8-42-28/h5-12,23-24,33-34H,13-16H2,1-4H3. The van der Waals surface area contributed by atoms with Crippen molar-refractivity contribution in [3.8, 4) is 22.6 Å². The Morgan fingerprint density at radius 2 is 1.02 bits per heavy atom. The molecule has 2 aromatic carbocycles. The molecule has 2 unspecified atom stereocenters. The summed E-state index contributed by atoms with van der Waals surface area (Å²) in [4.78, 5) is 31.6. The van der Waals surface area contributed by atoms with Crippen LogP contribution in [-0.2, 0) is 9.47 Å². The van der Waals surface area contributed by atoms with Gasteiger partial charge < -0.3 is 29.2 Å². The third-order valence-corrected chi connectivity index (χ3v) is 7.63. The summed E-state index contributed by atoms with van der Waals surface area (Å²) in [5.74, 6) is 0.156. The number of hydrogen-bond acceptors (Lipinski definition) is 12. The van der Waals surface area contributed by atoms with Crippen LogP contribution < -0.4 is 9.47 Å². The van der Waals surface area contributed by atoms with Gasteiger partial charge in [0.25, 0.3) is 0 Å². The lowest BCUT2D eigenvalue weighted by Gasteiger charge is -2.19. The molecule has 0 spiro atoms. The van der Waals surface area contributed by atoms with Crippen molar-refractivity contribution in [3.63, 3.8) is 0 Å². The zero-order valence-corrected chi connectivity index (χ0v) is 25.3. The molecule has 12 heteroatoms. The molecule has 0 radical (unpaired) electrons. The van der Waals surface area contributed by atoms with Crippen LogP contribution in [0.15, 0.2) is 47.4 Å². The van der Waals surface area contributed by atoms with E-state index in [-0.39, 0.29) is 36.4 Å². The maximum atomic E-state index is 11.9. The van der Waals surface area contributed by atoms with E-state index in [0.29, 0.717) is 11.5 Å². The first-order chi connectivity index (χ1) is 20.1. The molecule has 0 fully saturated rings. The average molecular weight is 613 g/mol. The van der Waals surface area contributed by atoms with E-state index in [4.69, 9.17) is 18.9 Å². The van der Waals surface area contributed by atoms with Crippen LogP contribution >= 0.6 is 22.7 Å². The number of esters is 2. The molecule has 0 saturated carbocycles. The van der Waals surface area contributed by atoms with Crippen molar-refractivity contribution in [2.75, 3.05) is 26.4 Å². The second-order valence-electron chi connectivity index (χ2n) is 9.68. The van der Waals surface area contributed by atoms with Gasteiger partial charge in [0.05, 0.1) is 0 Å². The van der Waals surface area contributed by atoms with Crippen LogP contribution in [0, 0.1) is 27.7 Å². The minimum absolute atomic E-state index is 0.0353. The first-order valence-corrected chi connectivity index (χ1v) is 14.9. The quantitative estimate of drug-likeness (QED) is 0.205. The van der Waals surface area contributed by atoms with E-state index in [1.807, 2.05) is 52.0 Å². The summed E-state index contributed by atoms with van der Waals surface area (Å²) < 4.78 is 22.0. The van der Waals surface area contributed by atoms with E-state index in [2.05, 4.69) is 9.97 Å². The first-order valence-electron chi connectivity index (χ1n) is 13.1. The Morgan fingerprint density at radius 1 is 0.667 bits per heavy atom. The molecule has 4 rings (SSSR count). The highest BCUT2D eigenvalue weighted by molar-refractivity contribution is 7.11. The van der Waals surface area contributed by atoms with Gasteiger partial charge in [0.2, 0.25) is 10.0 Å². The number of ether oxygens (including phenoxy) is 4. The molecule has 4 aromatic rings. The van der Waals surface area contributed by atoms with Gasteiger partial charge in [0.15, 0.2) is 0 Å². The summed E-state index contributed by atoms with van der Waals surface area (Å²) in [5, 5.41) is 24.3. The van der Waals surface area contributed by atoms with Gasteiger partial charge in [-0.3, -0.25) is 0 Å². The minimum Gasteiger partial charge on any atom is -0.490 e. The molecular weight excluding hydrogens is 580 g/mol. The first kappa shape index (κ1) is 31.1. The van der Waals surface area contributed by atoms with E-state index in [1.54, 1.807) is 10.8 Å². The fourth-order valence-electron chi connectivity index (χ4n) is 4.26. The fraction of sp³-hybridized carbons (Fsp3) is 0.333. The Bertz CT molecular complexity index is 1350. The van der Waals surface area contributed by atoms with Gasteiger partial charge in [-0.2, -0.15) is 0 Å². The van der Waals surface area contributed by atoms with Crippen molar-refractivity contribution >= 4 is 34.6 Å². The fourth-order valence-corrected chi connectivity index (χ4v) is 5.32. The third-order valence-electron chi connectivity index (χ3n) is 6.12. The van der Waals surface area contributed by atoms with Crippen LogP contribution in [-0.4, -0.2) is 70.8 Å². The average Bonchev–Trinajstić information content (AvgIpc) is 3.69. The maximum Gasteiger partial charge on any atom is 0.367 e. The monoisotopic (exact) mass is 612 g/mol. The van der Waals surface area contributed by atoms with Crippen molar-refractivity contribution in [1.29, 1.82) is 0 Å². The number of rotatable bonds is 13. The molecule has 2 aromatic heterocycles. The molecule has 0 bridgehead atoms. The van der Waals surface area contributed by atoms with Crippen molar-refractivity contribution in [1.82, 2.24) is 9.97 Å². The number of carbonyl (C=O) groups is 2. The maximum absolute atomic E-state index is 11.9. The zero-order valence-electron chi connectivity index (χ0n) is 23.7. The number of thiazole rings is 2. The Kier molecular flexibility index (Phi) is 10.6. The van der Waals surface area contributed by atoms with Gasteiger partial charge in [-0.1, -0.05) is 0 Å². The topological polar surface area (TPSA) is 137 Å². The van der Waals surface area contributed by atoms with Gasteiger partial charge >= 0.3 is 11.9 Å². The van der Waals surface area contributed by atoms with Crippen molar-refractivity contribution in [2.24, 2.45) is 0 Å². The SMILES string of the molecule is Cc1cc(-c2cc(C)c(OCC(O)COC(=O)c3nccs3)c(C)c2)cc(C)c1OCC(O)COC(=O)c1nccs1. The number of hydrogen-bond donors (Lipinski definition) is 2. The van der Waals surface area contributed by atoms with E-state index >= 15 is 0 Å². The lowest BCUT2D eigenvalue weighted by atomic mass is 9.96. The van der Waals surface area contributed by atoms with Crippen LogP contribution in [0.3, 0.4) is 0 Å². The van der Waals surface area contributed by atoms with Crippen LogP contribution in [0.4, 0.5) is 0 Å². The lowest BCUT2D eigenvalue weighted by Crippen LogP contribution is -2.25. The molecule has 0 aliphatic rings. The van der Waals surface area contributed by atoms with Gasteiger partial charge in [0, 0.05) is 23.2 Å². The van der Waals surface area contributed by atoms with Crippen LogP contribution in [0.5, 0.6) is 11.5 Å². The second kappa shape index (κ2) is 14.4. The second-order valence-corrected chi connectivity index (χ2v) is 11.5. The summed E-state index contributed by atoms with van der Waals surface area (Å²) in [6.07, 6.45) is 1.05. The number of aromatic nitrogens is 2. The van der Waals surface area contributed by atoms with Crippen molar-refractivity contribution in [3.05, 3.63) is 79.7 Å². The van der Waals surface area contributed by atoms with E-state index in [0.717, 1.165) is 33.4 Å². The van der Waals surface area contributed by atoms with Gasteiger partial charge in [-0.25, -0.2) is 19.6 Å². The Morgan fingerprint density at radius 3 is 1.33 bits per heavy atom. The van der Waals surface area contributed by atoms with Crippen molar-refractivity contribution in [2.45, 2.75) is 39.9 Å². The number of nitrogens with zero attached hydrogens (tertiary/aromatic N) is 2. The van der Waals surface area contributed by atoms with E-state index in [1.165, 1.54) is 35.1 Å². The number of aliphatic hydroxyl groups is 2. The van der Waals surface area contributed by atoms with Gasteiger partial charge in [-0.15, -0.1) is 22.7 Å². The minimum atomic E-state index is -0.992. The lowest BCUT2D eigenvalue weighted by molar-refractivity contribution is 0.0125. The summed E-state index contributed by atoms with van der Waals surface area (Å²) in [6, 6.07) is 8.03. The van der Waals surface area contributed by atoms with Crippen LogP contribution in [0.2, 0.25) is 0 Å². The highest BCUT2D eigenvalue weighted by Crippen LogP contribution is 2.34. The molecular formula is C30H32N2O8S2. The molecule has 10 nitrogen and oxygen atoms in total. The van der Waals surface area contributed by atoms with Gasteiger partial charge in [0.1, 0.15) is 50.1 Å². The van der Waals surface area contributed by atoms with Crippen molar-refractivity contribution < 1.29 is 38.7 Å². The molecule has 2 heterocycles. The summed E-state index contributed by atoms with van der Waals surface area (Å²) in [5.41, 5.74) is 5.54. The molecule has 2 N–H and O–H groups in total. The van der Waals surface area contributed by atoms with Crippen LogP contribution in [0.25, 0.3) is 11.1 Å². The Balaban J connectivity index is 1.33. The third kappa shape index (κ3) is 8.13. The summed E-state index contributed by atoms with van der Waals surface area (Å²) in [7, 11) is 0. The van der Waals surface area contributed by atoms with Gasteiger partial charge in [-0.05, 0) is 85.3 Å². The summed E-state index contributed by atoms with van der Waals surface area (Å²) >= 11 is 2.34. The predicted octanol–water partition coefficient (Wildman–Crippen LogP) is 4.69. The Labute approximate surface area is 251 Å². The highest BCUT2D eigenvalue weighted by atomic mass is 32.1. The molecule has 2 atom stereocenters. The van der Waals surface area contributed by atoms with E-state index < -0.39 is 24.1 Å². The van der Waals surface area contributed by atoms with Crippen LogP contribution in [0.1, 0.15) is 41.9 Å². The molecule has 0 aliphatic heterocycles. The highest BCUT2D eigenvalue weighted by Gasteiger charge is 2.17. The molecule has 222 valence electrons. The zero-order chi connectivity index (χ0) is 30.2. The number of carbonyl (C=O) groups excluding carboxylic acids is 2. The normalized spacial score (nSPS) is 12.4. The predicted molar refractivity (Wildman–Crippen MR) is 159 cm³/mol. The molecule has 0 saturated heterocycles. The van der Waals surface area contributed by atoms with E-state index in [9.17, 15) is 19.8 Å². The summed E-state index contributed by atoms with van der Waals surface area (Å²) in [6.45, 7) is 7.26. The number of aliphatic hydroxyl groups excluding tert-OH is 2. The smallest absolute Gasteiger partial charge is 0.367 e. The molecule has 0 amide bonds. The Hall–Kier alpha value is -3.84. The largest absolute Gasteiger partial charge is 0.490 e. The number of aryl methyl sites for hydroxylation is 4. The molecule has 0 aliphatic carbocycles. The number of benzene rings is 2. The molecule has 42 heavy (non-hydrogen) atoms.